The highest BCUT2D eigenvalue weighted by Gasteiger charge is 2.26. The van der Waals surface area contributed by atoms with E-state index >= 15 is 0 Å². The van der Waals surface area contributed by atoms with Gasteiger partial charge in [0, 0.05) is 28.3 Å². The van der Waals surface area contributed by atoms with Crippen LogP contribution in [-0.4, -0.2) is 42.6 Å². The highest BCUT2D eigenvalue weighted by atomic mass is 127. The van der Waals surface area contributed by atoms with Crippen molar-refractivity contribution in [1.82, 2.24) is 4.90 Å². The second kappa shape index (κ2) is 5.99. The normalized spacial score (nSPS) is 21.7. The molecule has 1 aliphatic rings. The van der Waals surface area contributed by atoms with Gasteiger partial charge in [0.05, 0.1) is 12.7 Å². The third-order valence-corrected chi connectivity index (χ3v) is 3.78. The van der Waals surface area contributed by atoms with Gasteiger partial charge in [-0.3, -0.25) is 4.79 Å². The summed E-state index contributed by atoms with van der Waals surface area (Å²) in [5.41, 5.74) is 6.55. The molecule has 98 valence electrons. The molecule has 1 amide bonds. The van der Waals surface area contributed by atoms with Crippen LogP contribution < -0.4 is 5.73 Å². The van der Waals surface area contributed by atoms with Gasteiger partial charge in [0.25, 0.3) is 5.91 Å². The van der Waals surface area contributed by atoms with Crippen molar-refractivity contribution >= 4 is 28.5 Å². The predicted molar refractivity (Wildman–Crippen MR) is 78.5 cm³/mol. The summed E-state index contributed by atoms with van der Waals surface area (Å²) in [7, 11) is 0. The fourth-order valence-electron chi connectivity index (χ4n) is 1.95. The zero-order chi connectivity index (χ0) is 13.1. The van der Waals surface area contributed by atoms with E-state index in [0.717, 1.165) is 9.13 Å². The Morgan fingerprint density at radius 3 is 2.78 bits per heavy atom. The molecule has 1 aliphatic heterocycles. The van der Waals surface area contributed by atoms with Gasteiger partial charge in [0.1, 0.15) is 0 Å². The summed E-state index contributed by atoms with van der Waals surface area (Å²) in [6.45, 7) is 3.67. The van der Waals surface area contributed by atoms with Gasteiger partial charge in [-0.15, -0.1) is 0 Å². The second-order valence-electron chi connectivity index (χ2n) is 4.53. The van der Waals surface area contributed by atoms with Crippen molar-refractivity contribution in [2.24, 2.45) is 5.73 Å². The summed E-state index contributed by atoms with van der Waals surface area (Å²) in [6.07, 6.45) is -0.0634. The fraction of sp³-hybridized carbons (Fsp3) is 0.462. The number of halogens is 1. The lowest BCUT2D eigenvalue weighted by atomic mass is 10.1. The number of morpholine rings is 1. The number of hydrogen-bond acceptors (Lipinski definition) is 3. The molecular formula is C13H17IN2O2. The zero-order valence-corrected chi connectivity index (χ0v) is 12.5. The van der Waals surface area contributed by atoms with Gasteiger partial charge in [-0.25, -0.2) is 0 Å². The summed E-state index contributed by atoms with van der Waals surface area (Å²) >= 11 is 2.22. The van der Waals surface area contributed by atoms with Crippen LogP contribution in [0.3, 0.4) is 0 Å². The summed E-state index contributed by atoms with van der Waals surface area (Å²) in [5.74, 6) is 0.0559. The van der Waals surface area contributed by atoms with Gasteiger partial charge in [0.15, 0.2) is 0 Å². The maximum atomic E-state index is 12.3. The number of hydrogen-bond donors (Lipinski definition) is 1. The smallest absolute Gasteiger partial charge is 0.254 e. The lowest BCUT2D eigenvalue weighted by Gasteiger charge is -2.34. The van der Waals surface area contributed by atoms with Crippen molar-refractivity contribution in [3.8, 4) is 0 Å². The Labute approximate surface area is 121 Å². The van der Waals surface area contributed by atoms with Crippen LogP contribution in [0.4, 0.5) is 0 Å². The van der Waals surface area contributed by atoms with Crippen LogP contribution >= 0.6 is 22.6 Å². The predicted octanol–water partition coefficient (Wildman–Crippen LogP) is 1.48. The molecule has 2 atom stereocenters. The number of carbonyl (C=O) groups excluding carboxylic acids is 1. The lowest BCUT2D eigenvalue weighted by Crippen LogP contribution is -2.51. The zero-order valence-electron chi connectivity index (χ0n) is 10.3. The van der Waals surface area contributed by atoms with E-state index in [-0.39, 0.29) is 18.1 Å². The first-order valence-electron chi connectivity index (χ1n) is 6.00. The molecule has 18 heavy (non-hydrogen) atoms. The van der Waals surface area contributed by atoms with E-state index in [9.17, 15) is 4.79 Å². The third-order valence-electron chi connectivity index (χ3n) is 3.06. The molecule has 0 aliphatic carbocycles. The molecule has 0 radical (unpaired) electrons. The van der Waals surface area contributed by atoms with E-state index in [4.69, 9.17) is 10.5 Å². The molecule has 2 unspecified atom stereocenters. The molecule has 1 heterocycles. The van der Waals surface area contributed by atoms with Crippen LogP contribution in [0.1, 0.15) is 17.3 Å². The van der Waals surface area contributed by atoms with Crippen LogP contribution in [0, 0.1) is 3.57 Å². The Balaban J connectivity index is 2.06. The number of benzene rings is 1. The summed E-state index contributed by atoms with van der Waals surface area (Å²) in [5, 5.41) is 0. The highest BCUT2D eigenvalue weighted by Crippen LogP contribution is 2.13. The number of carbonyl (C=O) groups is 1. The van der Waals surface area contributed by atoms with Crippen molar-refractivity contribution in [3.63, 3.8) is 0 Å². The number of nitrogens with zero attached hydrogens (tertiary/aromatic N) is 1. The summed E-state index contributed by atoms with van der Waals surface area (Å²) in [4.78, 5) is 14.1. The van der Waals surface area contributed by atoms with Crippen LogP contribution in [0.15, 0.2) is 24.3 Å². The minimum Gasteiger partial charge on any atom is -0.373 e. The van der Waals surface area contributed by atoms with E-state index in [1.807, 2.05) is 36.1 Å². The molecular weight excluding hydrogens is 343 g/mol. The number of nitrogens with two attached hydrogens (primary N) is 1. The maximum Gasteiger partial charge on any atom is 0.254 e. The average molecular weight is 360 g/mol. The van der Waals surface area contributed by atoms with Crippen molar-refractivity contribution in [2.75, 3.05) is 19.7 Å². The molecule has 5 heteroatoms. The van der Waals surface area contributed by atoms with Crippen molar-refractivity contribution < 1.29 is 9.53 Å². The fourth-order valence-corrected chi connectivity index (χ4v) is 2.31. The SMILES string of the molecule is CC(N)C1CN(C(=O)c2ccc(I)cc2)CCO1. The Bertz CT molecular complexity index is 420. The minimum atomic E-state index is -0.0634. The van der Waals surface area contributed by atoms with Gasteiger partial charge in [-0.05, 0) is 53.8 Å². The van der Waals surface area contributed by atoms with Crippen LogP contribution in [-0.2, 0) is 4.74 Å². The van der Waals surface area contributed by atoms with E-state index < -0.39 is 0 Å². The van der Waals surface area contributed by atoms with E-state index in [1.54, 1.807) is 0 Å². The molecule has 2 rings (SSSR count). The van der Waals surface area contributed by atoms with E-state index in [2.05, 4.69) is 22.6 Å². The molecule has 1 aromatic carbocycles. The highest BCUT2D eigenvalue weighted by molar-refractivity contribution is 14.1. The number of amides is 1. The van der Waals surface area contributed by atoms with Crippen molar-refractivity contribution in [3.05, 3.63) is 33.4 Å². The largest absolute Gasteiger partial charge is 0.373 e. The second-order valence-corrected chi connectivity index (χ2v) is 5.77. The average Bonchev–Trinajstić information content (AvgIpc) is 2.39. The van der Waals surface area contributed by atoms with Gasteiger partial charge >= 0.3 is 0 Å². The summed E-state index contributed by atoms with van der Waals surface area (Å²) in [6, 6.07) is 7.55. The van der Waals surface area contributed by atoms with E-state index in [1.165, 1.54) is 0 Å². The standard InChI is InChI=1S/C13H17IN2O2/c1-9(15)12-8-16(6-7-18-12)13(17)10-2-4-11(14)5-3-10/h2-5,9,12H,6-8,15H2,1H3. The molecule has 0 bridgehead atoms. The first-order chi connectivity index (χ1) is 8.58. The Hall–Kier alpha value is -0.660. The molecule has 4 nitrogen and oxygen atoms in total. The van der Waals surface area contributed by atoms with Crippen LogP contribution in [0.2, 0.25) is 0 Å². The number of ether oxygens (including phenoxy) is 1. The molecule has 1 fully saturated rings. The quantitative estimate of drug-likeness (QED) is 0.813. The minimum absolute atomic E-state index is 0.0559. The van der Waals surface area contributed by atoms with Gasteiger partial charge in [-0.2, -0.15) is 0 Å². The van der Waals surface area contributed by atoms with Crippen molar-refractivity contribution in [1.29, 1.82) is 0 Å². The molecule has 0 aromatic heterocycles. The monoisotopic (exact) mass is 360 g/mol. The molecule has 1 aromatic rings. The first kappa shape index (κ1) is 13.8. The van der Waals surface area contributed by atoms with Crippen LogP contribution in [0.25, 0.3) is 0 Å². The molecule has 0 saturated carbocycles. The van der Waals surface area contributed by atoms with E-state index in [0.29, 0.717) is 19.7 Å². The van der Waals surface area contributed by atoms with Gasteiger partial charge in [-0.1, -0.05) is 0 Å². The molecule has 0 spiro atoms. The Morgan fingerprint density at radius 1 is 1.50 bits per heavy atom. The molecule has 1 saturated heterocycles. The molecule has 2 N–H and O–H groups in total. The van der Waals surface area contributed by atoms with Gasteiger partial charge < -0.3 is 15.4 Å². The first-order valence-corrected chi connectivity index (χ1v) is 7.08. The topological polar surface area (TPSA) is 55.6 Å². The number of rotatable bonds is 2. The maximum absolute atomic E-state index is 12.3. The van der Waals surface area contributed by atoms with Crippen LogP contribution in [0.5, 0.6) is 0 Å². The van der Waals surface area contributed by atoms with Gasteiger partial charge in [0.2, 0.25) is 0 Å². The Morgan fingerprint density at radius 2 is 2.17 bits per heavy atom. The Kier molecular flexibility index (Phi) is 4.58. The lowest BCUT2D eigenvalue weighted by molar-refractivity contribution is -0.0300. The third kappa shape index (κ3) is 3.21. The summed E-state index contributed by atoms with van der Waals surface area (Å²) < 4.78 is 6.68. The van der Waals surface area contributed by atoms with Crippen molar-refractivity contribution in [2.45, 2.75) is 19.1 Å².